The number of rotatable bonds is 3. The zero-order chi connectivity index (χ0) is 15.4. The summed E-state index contributed by atoms with van der Waals surface area (Å²) in [5.74, 6) is -0.931. The van der Waals surface area contributed by atoms with Crippen molar-refractivity contribution in [1.29, 1.82) is 0 Å². The van der Waals surface area contributed by atoms with Gasteiger partial charge in [-0.25, -0.2) is 4.79 Å². The Morgan fingerprint density at radius 2 is 1.67 bits per heavy atom. The molecule has 5 nitrogen and oxygen atoms in total. The van der Waals surface area contributed by atoms with Crippen molar-refractivity contribution in [2.75, 3.05) is 6.54 Å². The molecule has 0 aromatic heterocycles. The van der Waals surface area contributed by atoms with E-state index in [-0.39, 0.29) is 30.0 Å². The normalized spacial score (nSPS) is 33.5. The summed E-state index contributed by atoms with van der Waals surface area (Å²) >= 11 is 0. The van der Waals surface area contributed by atoms with E-state index in [1.165, 1.54) is 6.42 Å². The molecule has 4 unspecified atom stereocenters. The zero-order valence-electron chi connectivity index (χ0n) is 13.2. The molecule has 0 spiro atoms. The Morgan fingerprint density at radius 1 is 1.05 bits per heavy atom. The quantitative estimate of drug-likeness (QED) is 0.841. The van der Waals surface area contributed by atoms with Gasteiger partial charge in [-0.2, -0.15) is 0 Å². The number of aliphatic carboxylic acids is 1. The number of hydrogen-bond acceptors (Lipinski definition) is 2. The first-order valence-corrected chi connectivity index (χ1v) is 8.29. The minimum Gasteiger partial charge on any atom is -0.481 e. The van der Waals surface area contributed by atoms with E-state index in [1.807, 2.05) is 4.90 Å². The molecule has 2 N–H and O–H groups in total. The average Bonchev–Trinajstić information content (AvgIpc) is 2.45. The molecule has 1 aliphatic heterocycles. The maximum absolute atomic E-state index is 12.4. The summed E-state index contributed by atoms with van der Waals surface area (Å²) in [6, 6.07) is 0.523. The molecule has 2 rings (SSSR count). The first-order valence-electron chi connectivity index (χ1n) is 8.29. The molecule has 4 atom stereocenters. The number of carbonyl (C=O) groups is 2. The van der Waals surface area contributed by atoms with Crippen molar-refractivity contribution in [1.82, 2.24) is 10.2 Å². The number of piperidine rings is 1. The highest BCUT2D eigenvalue weighted by atomic mass is 16.4. The number of carbonyl (C=O) groups excluding carboxylic acids is 1. The maximum Gasteiger partial charge on any atom is 0.317 e. The smallest absolute Gasteiger partial charge is 0.317 e. The highest BCUT2D eigenvalue weighted by Gasteiger charge is 2.33. The molecule has 0 bridgehead atoms. The SMILES string of the molecule is CC1CCCC(C)N1C(=O)NCC1CCCCC1C(=O)O. The summed E-state index contributed by atoms with van der Waals surface area (Å²) in [6.07, 6.45) is 6.99. The van der Waals surface area contributed by atoms with Crippen molar-refractivity contribution in [2.24, 2.45) is 11.8 Å². The number of hydrogen-bond donors (Lipinski definition) is 2. The molecule has 1 aliphatic carbocycles. The summed E-state index contributed by atoms with van der Waals surface area (Å²) in [5, 5.41) is 12.3. The van der Waals surface area contributed by atoms with Gasteiger partial charge < -0.3 is 15.3 Å². The number of amides is 2. The van der Waals surface area contributed by atoms with Crippen molar-refractivity contribution < 1.29 is 14.7 Å². The average molecular weight is 296 g/mol. The number of likely N-dealkylation sites (tertiary alicyclic amines) is 1. The Morgan fingerprint density at radius 3 is 2.29 bits per heavy atom. The van der Waals surface area contributed by atoms with Gasteiger partial charge in [0.2, 0.25) is 0 Å². The lowest BCUT2D eigenvalue weighted by molar-refractivity contribution is -0.144. The van der Waals surface area contributed by atoms with Crippen LogP contribution in [0.5, 0.6) is 0 Å². The molecule has 0 aromatic carbocycles. The summed E-state index contributed by atoms with van der Waals surface area (Å²) in [7, 11) is 0. The van der Waals surface area contributed by atoms with Gasteiger partial charge >= 0.3 is 12.0 Å². The Labute approximate surface area is 127 Å². The number of carboxylic acids is 1. The molecule has 1 saturated carbocycles. The van der Waals surface area contributed by atoms with Crippen molar-refractivity contribution in [3.63, 3.8) is 0 Å². The maximum atomic E-state index is 12.4. The molecule has 2 aliphatic rings. The monoisotopic (exact) mass is 296 g/mol. The van der Waals surface area contributed by atoms with Gasteiger partial charge in [0.15, 0.2) is 0 Å². The fraction of sp³-hybridized carbons (Fsp3) is 0.875. The van der Waals surface area contributed by atoms with Crippen molar-refractivity contribution in [3.05, 3.63) is 0 Å². The third kappa shape index (κ3) is 3.89. The lowest BCUT2D eigenvalue weighted by Gasteiger charge is -2.39. The number of nitrogens with zero attached hydrogens (tertiary/aromatic N) is 1. The van der Waals surface area contributed by atoms with Gasteiger partial charge in [0.25, 0.3) is 0 Å². The number of nitrogens with one attached hydrogen (secondary N) is 1. The molecule has 21 heavy (non-hydrogen) atoms. The molecule has 1 heterocycles. The Bertz CT molecular complexity index is 376. The third-order valence-corrected chi connectivity index (χ3v) is 5.17. The number of urea groups is 1. The predicted molar refractivity (Wildman–Crippen MR) is 81.1 cm³/mol. The Hall–Kier alpha value is -1.26. The molecule has 2 amide bonds. The standard InChI is InChI=1S/C16H28N2O3/c1-11-6-5-7-12(2)18(11)16(21)17-10-13-8-3-4-9-14(13)15(19)20/h11-14H,3-10H2,1-2H3,(H,17,21)(H,19,20). The lowest BCUT2D eigenvalue weighted by Crippen LogP contribution is -2.53. The van der Waals surface area contributed by atoms with E-state index < -0.39 is 5.97 Å². The van der Waals surface area contributed by atoms with Crippen molar-refractivity contribution in [2.45, 2.75) is 70.9 Å². The first-order chi connectivity index (χ1) is 10.0. The van der Waals surface area contributed by atoms with E-state index in [1.54, 1.807) is 0 Å². The Kier molecular flexibility index (Phi) is 5.48. The molecule has 0 radical (unpaired) electrons. The van der Waals surface area contributed by atoms with Gasteiger partial charge in [0, 0.05) is 18.6 Å². The van der Waals surface area contributed by atoms with E-state index in [0.29, 0.717) is 6.54 Å². The summed E-state index contributed by atoms with van der Waals surface area (Å²) in [5.41, 5.74) is 0. The molecular weight excluding hydrogens is 268 g/mol. The van der Waals surface area contributed by atoms with Gasteiger partial charge in [-0.15, -0.1) is 0 Å². The third-order valence-electron chi connectivity index (χ3n) is 5.17. The van der Waals surface area contributed by atoms with Gasteiger partial charge in [-0.05, 0) is 51.9 Å². The van der Waals surface area contributed by atoms with Crippen molar-refractivity contribution in [3.8, 4) is 0 Å². The van der Waals surface area contributed by atoms with E-state index in [0.717, 1.165) is 38.5 Å². The summed E-state index contributed by atoms with van der Waals surface area (Å²) in [4.78, 5) is 25.6. The minimum absolute atomic E-state index is 0.0237. The largest absolute Gasteiger partial charge is 0.481 e. The van der Waals surface area contributed by atoms with Crippen LogP contribution < -0.4 is 5.32 Å². The van der Waals surface area contributed by atoms with Crippen LogP contribution in [0.4, 0.5) is 4.79 Å². The van der Waals surface area contributed by atoms with Gasteiger partial charge in [-0.3, -0.25) is 4.79 Å². The minimum atomic E-state index is -0.714. The van der Waals surface area contributed by atoms with Crippen LogP contribution in [0, 0.1) is 11.8 Å². The van der Waals surface area contributed by atoms with Crippen LogP contribution in [0.2, 0.25) is 0 Å². The Balaban J connectivity index is 1.88. The fourth-order valence-electron chi connectivity index (χ4n) is 3.91. The fourth-order valence-corrected chi connectivity index (χ4v) is 3.91. The highest BCUT2D eigenvalue weighted by Crippen LogP contribution is 2.30. The topological polar surface area (TPSA) is 69.6 Å². The number of carboxylic acid groups (broad SMARTS) is 1. The first kappa shape index (κ1) is 16.1. The second-order valence-corrected chi connectivity index (χ2v) is 6.71. The van der Waals surface area contributed by atoms with Crippen molar-refractivity contribution >= 4 is 12.0 Å². The van der Waals surface area contributed by atoms with E-state index in [2.05, 4.69) is 19.2 Å². The van der Waals surface area contributed by atoms with Crippen LogP contribution in [-0.2, 0) is 4.79 Å². The zero-order valence-corrected chi connectivity index (χ0v) is 13.2. The van der Waals surface area contributed by atoms with Crippen LogP contribution in [-0.4, -0.2) is 40.6 Å². The molecular formula is C16H28N2O3. The van der Waals surface area contributed by atoms with Gasteiger partial charge in [-0.1, -0.05) is 12.8 Å². The second-order valence-electron chi connectivity index (χ2n) is 6.71. The molecule has 1 saturated heterocycles. The molecule has 120 valence electrons. The second kappa shape index (κ2) is 7.14. The molecule has 5 heteroatoms. The van der Waals surface area contributed by atoms with Gasteiger partial charge in [0.1, 0.15) is 0 Å². The molecule has 2 fully saturated rings. The predicted octanol–water partition coefficient (Wildman–Crippen LogP) is 2.85. The molecule has 0 aromatic rings. The highest BCUT2D eigenvalue weighted by molar-refractivity contribution is 5.75. The van der Waals surface area contributed by atoms with Crippen LogP contribution >= 0.6 is 0 Å². The summed E-state index contributed by atoms with van der Waals surface area (Å²) in [6.45, 7) is 4.68. The lowest BCUT2D eigenvalue weighted by atomic mass is 9.79. The van der Waals surface area contributed by atoms with E-state index >= 15 is 0 Å². The van der Waals surface area contributed by atoms with Crippen LogP contribution in [0.25, 0.3) is 0 Å². The van der Waals surface area contributed by atoms with E-state index in [9.17, 15) is 14.7 Å². The van der Waals surface area contributed by atoms with Crippen LogP contribution in [0.1, 0.15) is 58.8 Å². The van der Waals surface area contributed by atoms with Gasteiger partial charge in [0.05, 0.1) is 5.92 Å². The summed E-state index contributed by atoms with van der Waals surface area (Å²) < 4.78 is 0. The van der Waals surface area contributed by atoms with E-state index in [4.69, 9.17) is 0 Å². The van der Waals surface area contributed by atoms with Crippen LogP contribution in [0.3, 0.4) is 0 Å². The van der Waals surface area contributed by atoms with Crippen LogP contribution in [0.15, 0.2) is 0 Å².